The van der Waals surface area contributed by atoms with Crippen molar-refractivity contribution < 1.29 is 0 Å². The standard InChI is InChI=1S/C15H24N2.C2H6/c1-6-12(7-2)13-10-16-14(17-11-13)15(5,8-3)9-4;1-2/h6,10-11H,7-9H2,1-5H3;1-2H3. The van der Waals surface area contributed by atoms with Crippen molar-refractivity contribution in [1.29, 1.82) is 0 Å². The van der Waals surface area contributed by atoms with Crippen molar-refractivity contribution >= 4 is 5.57 Å². The van der Waals surface area contributed by atoms with E-state index in [1.165, 1.54) is 5.57 Å². The summed E-state index contributed by atoms with van der Waals surface area (Å²) in [7, 11) is 0. The van der Waals surface area contributed by atoms with Gasteiger partial charge in [0, 0.05) is 23.4 Å². The summed E-state index contributed by atoms with van der Waals surface area (Å²) < 4.78 is 0. The van der Waals surface area contributed by atoms with Gasteiger partial charge in [0.25, 0.3) is 0 Å². The Balaban J connectivity index is 0.00000154. The van der Waals surface area contributed by atoms with Crippen molar-refractivity contribution in [3.05, 3.63) is 29.9 Å². The van der Waals surface area contributed by atoms with Crippen LogP contribution in [0, 0.1) is 0 Å². The van der Waals surface area contributed by atoms with Crippen LogP contribution < -0.4 is 0 Å². The third-order valence-corrected chi connectivity index (χ3v) is 3.85. The Morgan fingerprint density at radius 2 is 1.58 bits per heavy atom. The summed E-state index contributed by atoms with van der Waals surface area (Å²) in [6, 6.07) is 0. The lowest BCUT2D eigenvalue weighted by Gasteiger charge is -2.24. The van der Waals surface area contributed by atoms with Gasteiger partial charge in [0.05, 0.1) is 0 Å². The van der Waals surface area contributed by atoms with Crippen LogP contribution in [-0.2, 0) is 5.41 Å². The first-order valence-electron chi connectivity index (χ1n) is 7.59. The van der Waals surface area contributed by atoms with E-state index in [9.17, 15) is 0 Å². The summed E-state index contributed by atoms with van der Waals surface area (Å²) in [6.07, 6.45) is 9.24. The maximum Gasteiger partial charge on any atom is 0.134 e. The minimum atomic E-state index is 0.112. The van der Waals surface area contributed by atoms with Crippen molar-refractivity contribution in [1.82, 2.24) is 9.97 Å². The van der Waals surface area contributed by atoms with E-state index in [4.69, 9.17) is 0 Å². The smallest absolute Gasteiger partial charge is 0.134 e. The second-order valence-corrected chi connectivity index (χ2v) is 4.73. The first-order valence-corrected chi connectivity index (χ1v) is 7.59. The van der Waals surface area contributed by atoms with Crippen LogP contribution in [0.3, 0.4) is 0 Å². The maximum atomic E-state index is 4.56. The Morgan fingerprint density at radius 3 is 1.89 bits per heavy atom. The lowest BCUT2D eigenvalue weighted by molar-refractivity contribution is 0.411. The molecule has 0 fully saturated rings. The van der Waals surface area contributed by atoms with Gasteiger partial charge in [0.2, 0.25) is 0 Å². The molecule has 0 saturated heterocycles. The monoisotopic (exact) mass is 262 g/mol. The number of hydrogen-bond acceptors (Lipinski definition) is 2. The maximum absolute atomic E-state index is 4.56. The van der Waals surface area contributed by atoms with Gasteiger partial charge in [-0.05, 0) is 31.8 Å². The molecule has 108 valence electrons. The average molecular weight is 262 g/mol. The van der Waals surface area contributed by atoms with Gasteiger partial charge in [-0.25, -0.2) is 9.97 Å². The fourth-order valence-corrected chi connectivity index (χ4v) is 1.95. The molecule has 1 rings (SSSR count). The molecular formula is C17H30N2. The number of aromatic nitrogens is 2. The number of hydrogen-bond donors (Lipinski definition) is 0. The summed E-state index contributed by atoms with van der Waals surface area (Å²) in [5, 5.41) is 0. The van der Waals surface area contributed by atoms with Crippen LogP contribution in [0.2, 0.25) is 0 Å². The topological polar surface area (TPSA) is 25.8 Å². The van der Waals surface area contributed by atoms with Gasteiger partial charge in [-0.15, -0.1) is 0 Å². The Hall–Kier alpha value is -1.18. The molecule has 0 bridgehead atoms. The van der Waals surface area contributed by atoms with Crippen LogP contribution in [-0.4, -0.2) is 9.97 Å². The van der Waals surface area contributed by atoms with Crippen molar-refractivity contribution in [3.8, 4) is 0 Å². The van der Waals surface area contributed by atoms with Gasteiger partial charge >= 0.3 is 0 Å². The van der Waals surface area contributed by atoms with Gasteiger partial charge in [-0.1, -0.05) is 47.6 Å². The van der Waals surface area contributed by atoms with Crippen LogP contribution in [0.4, 0.5) is 0 Å². The molecule has 0 spiro atoms. The molecule has 0 aliphatic rings. The summed E-state index contributed by atoms with van der Waals surface area (Å²) in [4.78, 5) is 9.11. The molecule has 0 N–H and O–H groups in total. The zero-order valence-corrected chi connectivity index (χ0v) is 13.7. The van der Waals surface area contributed by atoms with Crippen LogP contribution in [0.5, 0.6) is 0 Å². The Morgan fingerprint density at radius 1 is 1.11 bits per heavy atom. The van der Waals surface area contributed by atoms with Crippen molar-refractivity contribution in [2.45, 2.75) is 73.1 Å². The lowest BCUT2D eigenvalue weighted by atomic mass is 9.84. The van der Waals surface area contributed by atoms with E-state index in [1.807, 2.05) is 26.2 Å². The molecule has 0 aliphatic carbocycles. The van der Waals surface area contributed by atoms with Gasteiger partial charge < -0.3 is 0 Å². The summed E-state index contributed by atoms with van der Waals surface area (Å²) in [5.74, 6) is 0.970. The molecule has 0 aliphatic heterocycles. The lowest BCUT2D eigenvalue weighted by Crippen LogP contribution is -2.22. The molecule has 0 amide bonds. The molecule has 0 saturated carbocycles. The predicted molar refractivity (Wildman–Crippen MR) is 85.3 cm³/mol. The molecular weight excluding hydrogens is 232 g/mol. The van der Waals surface area contributed by atoms with E-state index in [1.54, 1.807) is 0 Å². The third-order valence-electron chi connectivity index (χ3n) is 3.85. The third kappa shape index (κ3) is 4.45. The molecule has 2 nitrogen and oxygen atoms in total. The Kier molecular flexibility index (Phi) is 8.29. The van der Waals surface area contributed by atoms with E-state index in [-0.39, 0.29) is 5.41 Å². The highest BCUT2D eigenvalue weighted by Crippen LogP contribution is 2.28. The first-order chi connectivity index (χ1) is 9.11. The van der Waals surface area contributed by atoms with E-state index in [2.05, 4.69) is 50.7 Å². The van der Waals surface area contributed by atoms with Gasteiger partial charge in [0.15, 0.2) is 0 Å². The minimum Gasteiger partial charge on any atom is -0.240 e. The van der Waals surface area contributed by atoms with Gasteiger partial charge in [-0.3, -0.25) is 0 Å². The second-order valence-electron chi connectivity index (χ2n) is 4.73. The molecule has 0 unspecified atom stereocenters. The summed E-state index contributed by atoms with van der Waals surface area (Å²) >= 11 is 0. The van der Waals surface area contributed by atoms with Crippen LogP contribution >= 0.6 is 0 Å². The zero-order valence-electron chi connectivity index (χ0n) is 13.7. The fourth-order valence-electron chi connectivity index (χ4n) is 1.95. The molecule has 2 heteroatoms. The number of nitrogens with zero attached hydrogens (tertiary/aromatic N) is 2. The van der Waals surface area contributed by atoms with Gasteiger partial charge in [0.1, 0.15) is 5.82 Å². The predicted octanol–water partition coefficient (Wildman–Crippen LogP) is 5.39. The van der Waals surface area contributed by atoms with Gasteiger partial charge in [-0.2, -0.15) is 0 Å². The molecule has 1 heterocycles. The van der Waals surface area contributed by atoms with Crippen molar-refractivity contribution in [3.63, 3.8) is 0 Å². The fraction of sp³-hybridized carbons (Fsp3) is 0.647. The van der Waals surface area contributed by atoms with E-state index in [0.29, 0.717) is 0 Å². The van der Waals surface area contributed by atoms with E-state index < -0.39 is 0 Å². The highest BCUT2D eigenvalue weighted by Gasteiger charge is 2.25. The molecule has 0 aromatic carbocycles. The average Bonchev–Trinajstić information content (AvgIpc) is 2.50. The highest BCUT2D eigenvalue weighted by atomic mass is 14.9. The Bertz CT molecular complexity index is 373. The van der Waals surface area contributed by atoms with Crippen LogP contribution in [0.15, 0.2) is 18.5 Å². The molecule has 0 atom stereocenters. The van der Waals surface area contributed by atoms with Crippen molar-refractivity contribution in [2.24, 2.45) is 0 Å². The van der Waals surface area contributed by atoms with Crippen LogP contribution in [0.25, 0.3) is 5.57 Å². The molecule has 19 heavy (non-hydrogen) atoms. The highest BCUT2D eigenvalue weighted by molar-refractivity contribution is 5.63. The van der Waals surface area contributed by atoms with E-state index in [0.717, 1.165) is 30.7 Å². The van der Waals surface area contributed by atoms with Crippen LogP contribution in [0.1, 0.15) is 79.1 Å². The van der Waals surface area contributed by atoms with Crippen molar-refractivity contribution in [2.75, 3.05) is 0 Å². The number of rotatable bonds is 5. The molecule has 1 aromatic rings. The number of allylic oxidation sites excluding steroid dienone is 2. The zero-order chi connectivity index (χ0) is 14.9. The van der Waals surface area contributed by atoms with E-state index >= 15 is 0 Å². The molecule has 0 radical (unpaired) electrons. The molecule has 1 aromatic heterocycles. The summed E-state index contributed by atoms with van der Waals surface area (Å²) in [5.41, 5.74) is 2.57. The second kappa shape index (κ2) is 8.84. The first kappa shape index (κ1) is 17.8. The Labute approximate surface area is 119 Å². The SMILES string of the molecule is CC.CC=C(CC)c1cnc(C(C)(CC)CC)nc1. The normalized spacial score (nSPS) is 11.8. The largest absolute Gasteiger partial charge is 0.240 e. The quantitative estimate of drug-likeness (QED) is 0.710. The minimum absolute atomic E-state index is 0.112. The summed E-state index contributed by atoms with van der Waals surface area (Å²) in [6.45, 7) is 14.9.